The Kier molecular flexibility index (Phi) is 3.74. The van der Waals surface area contributed by atoms with Gasteiger partial charge in [0, 0.05) is 5.70 Å². The van der Waals surface area contributed by atoms with Gasteiger partial charge in [-0.15, -0.1) is 0 Å². The average molecular weight is 333 g/mol. The molecule has 7 heteroatoms. The smallest absolute Gasteiger partial charge is 0.337 e. The molecule has 3 aromatic rings. The number of benzene rings is 2. The number of carbonyl (C=O) groups excluding carboxylic acids is 1. The molecule has 7 nitrogen and oxygen atoms in total. The van der Waals surface area contributed by atoms with Gasteiger partial charge in [0.2, 0.25) is 5.95 Å². The van der Waals surface area contributed by atoms with Crippen molar-refractivity contribution in [2.75, 3.05) is 12.4 Å². The lowest BCUT2D eigenvalue weighted by Crippen LogP contribution is -2.20. The molecule has 0 unspecified atom stereocenters. The summed E-state index contributed by atoms with van der Waals surface area (Å²) in [4.78, 5) is 11.6. The maximum atomic E-state index is 11.6. The second-order valence-corrected chi connectivity index (χ2v) is 5.58. The van der Waals surface area contributed by atoms with Crippen LogP contribution in [0.1, 0.15) is 27.5 Å². The van der Waals surface area contributed by atoms with Gasteiger partial charge in [-0.05, 0) is 39.8 Å². The molecule has 1 aromatic heterocycles. The van der Waals surface area contributed by atoms with Crippen molar-refractivity contribution in [3.63, 3.8) is 0 Å². The number of ether oxygens (including phenoxy) is 1. The molecule has 4 rings (SSSR count). The highest BCUT2D eigenvalue weighted by molar-refractivity contribution is 5.89. The van der Waals surface area contributed by atoms with E-state index in [0.29, 0.717) is 11.5 Å². The Morgan fingerprint density at radius 1 is 1.12 bits per heavy atom. The first kappa shape index (κ1) is 15.1. The molecular formula is C18H15N5O2. The molecule has 0 saturated heterocycles. The number of allylic oxidation sites excluding steroid dienone is 1. The number of aromatic nitrogens is 4. The van der Waals surface area contributed by atoms with Crippen LogP contribution in [0.3, 0.4) is 0 Å². The Labute approximate surface area is 143 Å². The number of nitrogens with one attached hydrogen (secondary N) is 1. The third kappa shape index (κ3) is 2.76. The number of anilines is 1. The zero-order valence-corrected chi connectivity index (χ0v) is 13.5. The number of methoxy groups -OCH3 is 1. The second-order valence-electron chi connectivity index (χ2n) is 5.58. The second kappa shape index (κ2) is 6.20. The first-order chi connectivity index (χ1) is 12.3. The molecule has 0 saturated carbocycles. The third-order valence-electron chi connectivity index (χ3n) is 4.09. The predicted octanol–water partition coefficient (Wildman–Crippen LogP) is 2.52. The monoisotopic (exact) mass is 333 g/mol. The van der Waals surface area contributed by atoms with Gasteiger partial charge in [-0.3, -0.25) is 0 Å². The van der Waals surface area contributed by atoms with E-state index in [1.54, 1.807) is 16.8 Å². The van der Waals surface area contributed by atoms with E-state index in [2.05, 4.69) is 26.9 Å². The van der Waals surface area contributed by atoms with Gasteiger partial charge in [0.05, 0.1) is 12.7 Å². The minimum absolute atomic E-state index is 0.173. The van der Waals surface area contributed by atoms with Crippen LogP contribution in [0.2, 0.25) is 0 Å². The van der Waals surface area contributed by atoms with E-state index in [1.807, 2.05) is 42.5 Å². The Morgan fingerprint density at radius 3 is 2.60 bits per heavy atom. The summed E-state index contributed by atoms with van der Waals surface area (Å²) >= 11 is 0. The lowest BCUT2D eigenvalue weighted by molar-refractivity contribution is 0.0600. The zero-order valence-electron chi connectivity index (χ0n) is 13.5. The van der Waals surface area contributed by atoms with Crippen molar-refractivity contribution in [1.82, 2.24) is 20.2 Å². The fraction of sp³-hybridized carbons (Fsp3) is 0.111. The van der Waals surface area contributed by atoms with Crippen LogP contribution in [-0.4, -0.2) is 33.3 Å². The molecule has 2 heterocycles. The van der Waals surface area contributed by atoms with Crippen molar-refractivity contribution in [3.05, 3.63) is 77.4 Å². The van der Waals surface area contributed by atoms with Crippen molar-refractivity contribution in [2.45, 2.75) is 6.04 Å². The standard InChI is InChI=1S/C18H15N5O2/c1-25-17(24)14-9-7-13(8-10-14)16-11-15(12-5-3-2-4-6-12)19-18-20-21-22-23(16)18/h2-11,16H,1H3,(H,19,20,22)/t16-/m0/s1. The molecule has 1 aliphatic heterocycles. The molecule has 0 spiro atoms. The number of nitrogens with zero attached hydrogens (tertiary/aromatic N) is 4. The minimum atomic E-state index is -0.361. The van der Waals surface area contributed by atoms with Gasteiger partial charge in [0.1, 0.15) is 6.04 Å². The Morgan fingerprint density at radius 2 is 1.88 bits per heavy atom. The molecule has 1 N–H and O–H groups in total. The summed E-state index contributed by atoms with van der Waals surface area (Å²) in [6.45, 7) is 0. The van der Waals surface area contributed by atoms with Crippen LogP contribution in [0, 0.1) is 0 Å². The van der Waals surface area contributed by atoms with Crippen LogP contribution in [0.4, 0.5) is 5.95 Å². The van der Waals surface area contributed by atoms with E-state index in [4.69, 9.17) is 4.74 Å². The summed E-state index contributed by atoms with van der Waals surface area (Å²) in [5, 5.41) is 15.1. The number of tetrazole rings is 1. The van der Waals surface area contributed by atoms with Gasteiger partial charge in [0.25, 0.3) is 0 Å². The number of carbonyl (C=O) groups is 1. The summed E-state index contributed by atoms with van der Waals surface area (Å²) < 4.78 is 6.45. The van der Waals surface area contributed by atoms with Crippen LogP contribution in [0.15, 0.2) is 60.7 Å². The maximum Gasteiger partial charge on any atom is 0.337 e. The summed E-state index contributed by atoms with van der Waals surface area (Å²) in [6.07, 6.45) is 2.06. The van der Waals surface area contributed by atoms with Gasteiger partial charge in [-0.1, -0.05) is 47.6 Å². The quantitative estimate of drug-likeness (QED) is 0.742. The van der Waals surface area contributed by atoms with Gasteiger partial charge >= 0.3 is 5.97 Å². The normalized spacial score (nSPS) is 15.7. The number of esters is 1. The molecule has 1 aliphatic rings. The Bertz CT molecular complexity index is 932. The Hall–Kier alpha value is -3.48. The molecule has 0 amide bonds. The minimum Gasteiger partial charge on any atom is -0.465 e. The van der Waals surface area contributed by atoms with Crippen LogP contribution < -0.4 is 5.32 Å². The SMILES string of the molecule is COC(=O)c1ccc([C@@H]2C=C(c3ccccc3)Nc3nnnn32)cc1. The van der Waals surface area contributed by atoms with Crippen LogP contribution in [0.5, 0.6) is 0 Å². The van der Waals surface area contributed by atoms with E-state index in [-0.39, 0.29) is 12.0 Å². The highest BCUT2D eigenvalue weighted by atomic mass is 16.5. The highest BCUT2D eigenvalue weighted by Crippen LogP contribution is 2.31. The fourth-order valence-corrected chi connectivity index (χ4v) is 2.81. The molecular weight excluding hydrogens is 318 g/mol. The molecule has 25 heavy (non-hydrogen) atoms. The van der Waals surface area contributed by atoms with E-state index in [1.165, 1.54) is 7.11 Å². The van der Waals surface area contributed by atoms with Crippen molar-refractivity contribution < 1.29 is 9.53 Å². The largest absolute Gasteiger partial charge is 0.465 e. The highest BCUT2D eigenvalue weighted by Gasteiger charge is 2.24. The molecule has 0 radical (unpaired) electrons. The van der Waals surface area contributed by atoms with E-state index >= 15 is 0 Å². The van der Waals surface area contributed by atoms with Gasteiger partial charge in [0.15, 0.2) is 0 Å². The number of fused-ring (bicyclic) bond motifs is 1. The van der Waals surface area contributed by atoms with Gasteiger partial charge in [-0.25, -0.2) is 4.79 Å². The third-order valence-corrected chi connectivity index (χ3v) is 4.09. The van der Waals surface area contributed by atoms with Crippen molar-refractivity contribution >= 4 is 17.6 Å². The lowest BCUT2D eigenvalue weighted by Gasteiger charge is -2.23. The number of hydrogen-bond acceptors (Lipinski definition) is 6. The summed E-state index contributed by atoms with van der Waals surface area (Å²) in [6, 6.07) is 17.1. The van der Waals surface area contributed by atoms with E-state index < -0.39 is 0 Å². The molecule has 0 fully saturated rings. The first-order valence-electron chi connectivity index (χ1n) is 7.76. The van der Waals surface area contributed by atoms with Crippen molar-refractivity contribution in [1.29, 1.82) is 0 Å². The Balaban J connectivity index is 1.74. The summed E-state index contributed by atoms with van der Waals surface area (Å²) in [7, 11) is 1.37. The molecule has 2 aromatic carbocycles. The molecule has 1 atom stereocenters. The zero-order chi connectivity index (χ0) is 17.2. The topological polar surface area (TPSA) is 81.9 Å². The fourth-order valence-electron chi connectivity index (χ4n) is 2.81. The van der Waals surface area contributed by atoms with E-state index in [9.17, 15) is 4.79 Å². The van der Waals surface area contributed by atoms with E-state index in [0.717, 1.165) is 16.8 Å². The lowest BCUT2D eigenvalue weighted by atomic mass is 10.0. The molecule has 0 bridgehead atoms. The average Bonchev–Trinajstić information content (AvgIpc) is 3.16. The molecule has 124 valence electrons. The predicted molar refractivity (Wildman–Crippen MR) is 91.8 cm³/mol. The van der Waals surface area contributed by atoms with Crippen LogP contribution in [-0.2, 0) is 4.74 Å². The first-order valence-corrected chi connectivity index (χ1v) is 7.76. The number of hydrogen-bond donors (Lipinski definition) is 1. The van der Waals surface area contributed by atoms with Crippen molar-refractivity contribution in [2.24, 2.45) is 0 Å². The molecule has 0 aliphatic carbocycles. The van der Waals surface area contributed by atoms with Crippen LogP contribution >= 0.6 is 0 Å². The van der Waals surface area contributed by atoms with Gasteiger partial charge < -0.3 is 10.1 Å². The maximum absolute atomic E-state index is 11.6. The van der Waals surface area contributed by atoms with Gasteiger partial charge in [-0.2, -0.15) is 4.68 Å². The summed E-state index contributed by atoms with van der Waals surface area (Å²) in [5.74, 6) is 0.212. The van der Waals surface area contributed by atoms with Crippen LogP contribution in [0.25, 0.3) is 5.70 Å². The van der Waals surface area contributed by atoms with Crippen molar-refractivity contribution in [3.8, 4) is 0 Å². The number of rotatable bonds is 3. The summed E-state index contributed by atoms with van der Waals surface area (Å²) in [5.41, 5.74) is 3.46.